The normalized spacial score (nSPS) is 31.1. The van der Waals surface area contributed by atoms with E-state index in [0.29, 0.717) is 12.3 Å². The van der Waals surface area contributed by atoms with Crippen LogP contribution in [0.1, 0.15) is 66.7 Å². The molecule has 166 valence electrons. The first-order valence-electron chi connectivity index (χ1n) is 10.9. The predicted octanol–water partition coefficient (Wildman–Crippen LogP) is 2.20. The summed E-state index contributed by atoms with van der Waals surface area (Å²) in [5, 5.41) is 2.96. The molecule has 1 heterocycles. The van der Waals surface area contributed by atoms with Crippen LogP contribution in [0.2, 0.25) is 6.32 Å². The van der Waals surface area contributed by atoms with Crippen molar-refractivity contribution in [3.63, 3.8) is 0 Å². The number of nitrogens with two attached hydrogens (primary N) is 1. The third-order valence-electron chi connectivity index (χ3n) is 7.11. The van der Waals surface area contributed by atoms with E-state index < -0.39 is 11.4 Å². The molecule has 0 radical (unpaired) electrons. The van der Waals surface area contributed by atoms with Gasteiger partial charge in [0.15, 0.2) is 0 Å². The van der Waals surface area contributed by atoms with Crippen LogP contribution in [0.4, 0.5) is 0 Å². The Kier molecular flexibility index (Phi) is 7.45. The fourth-order valence-corrected chi connectivity index (χ4v) is 4.74. The third-order valence-corrected chi connectivity index (χ3v) is 7.11. The molecule has 0 bridgehead atoms. The predicted molar refractivity (Wildman–Crippen MR) is 115 cm³/mol. The lowest BCUT2D eigenvalue weighted by Gasteiger charge is -2.45. The van der Waals surface area contributed by atoms with E-state index >= 15 is 0 Å². The molecule has 0 aromatic rings. The zero-order valence-corrected chi connectivity index (χ0v) is 19.3. The van der Waals surface area contributed by atoms with Gasteiger partial charge in [-0.25, -0.2) is 0 Å². The molecule has 2 unspecified atom stereocenters. The van der Waals surface area contributed by atoms with Crippen LogP contribution in [0.5, 0.6) is 0 Å². The molecule has 29 heavy (non-hydrogen) atoms. The smallest absolute Gasteiger partial charge is 0.403 e. The maximum absolute atomic E-state index is 12.6. The SMILES string of the molecule is CC(=O)NC1(C(N)=O)C[C@H](CCB2OC(C)(C)C(C)(C)O2)CCC1CCN(C)C. The fourth-order valence-electron chi connectivity index (χ4n) is 4.74. The Hall–Kier alpha value is -1.12. The highest BCUT2D eigenvalue weighted by atomic mass is 16.7. The lowest BCUT2D eigenvalue weighted by atomic mass is 9.64. The number of nitrogens with one attached hydrogen (secondary N) is 1. The molecule has 1 saturated heterocycles. The maximum atomic E-state index is 12.6. The Balaban J connectivity index is 2.07. The number of rotatable bonds is 8. The molecule has 1 aliphatic carbocycles. The van der Waals surface area contributed by atoms with E-state index in [1.54, 1.807) is 0 Å². The van der Waals surface area contributed by atoms with Crippen LogP contribution in [-0.2, 0) is 18.9 Å². The van der Waals surface area contributed by atoms with Gasteiger partial charge in [0.05, 0.1) is 11.2 Å². The van der Waals surface area contributed by atoms with Crippen LogP contribution < -0.4 is 11.1 Å². The summed E-state index contributed by atoms with van der Waals surface area (Å²) in [7, 11) is 3.79. The van der Waals surface area contributed by atoms with Gasteiger partial charge in [-0.3, -0.25) is 9.59 Å². The average Bonchev–Trinajstić information content (AvgIpc) is 2.78. The molecule has 1 aliphatic heterocycles. The molecule has 0 spiro atoms. The van der Waals surface area contributed by atoms with Gasteiger partial charge < -0.3 is 25.3 Å². The summed E-state index contributed by atoms with van der Waals surface area (Å²) < 4.78 is 12.2. The highest BCUT2D eigenvalue weighted by Gasteiger charge is 2.52. The van der Waals surface area contributed by atoms with E-state index in [4.69, 9.17) is 15.0 Å². The first-order chi connectivity index (χ1) is 13.3. The van der Waals surface area contributed by atoms with Crippen molar-refractivity contribution in [3.05, 3.63) is 0 Å². The summed E-state index contributed by atoms with van der Waals surface area (Å²) in [6, 6.07) is 0. The van der Waals surface area contributed by atoms with E-state index in [9.17, 15) is 9.59 Å². The van der Waals surface area contributed by atoms with E-state index in [-0.39, 0.29) is 30.1 Å². The Morgan fingerprint density at radius 2 is 1.69 bits per heavy atom. The van der Waals surface area contributed by atoms with Crippen molar-refractivity contribution in [1.29, 1.82) is 0 Å². The molecule has 7 nitrogen and oxygen atoms in total. The molecule has 1 saturated carbocycles. The van der Waals surface area contributed by atoms with E-state index in [1.165, 1.54) is 6.92 Å². The van der Waals surface area contributed by atoms with Crippen molar-refractivity contribution in [2.45, 2.75) is 89.8 Å². The largest absolute Gasteiger partial charge is 0.457 e. The molecule has 2 amide bonds. The second-order valence-corrected chi connectivity index (χ2v) is 10.2. The number of carbonyl (C=O) groups excluding carboxylic acids is 2. The van der Waals surface area contributed by atoms with E-state index in [2.05, 4.69) is 37.9 Å². The summed E-state index contributed by atoms with van der Waals surface area (Å²) in [5.41, 5.74) is 4.23. The van der Waals surface area contributed by atoms with Crippen molar-refractivity contribution < 1.29 is 18.9 Å². The van der Waals surface area contributed by atoms with Gasteiger partial charge in [-0.1, -0.05) is 12.8 Å². The highest BCUT2D eigenvalue weighted by Crippen LogP contribution is 2.43. The third kappa shape index (κ3) is 5.53. The summed E-state index contributed by atoms with van der Waals surface area (Å²) >= 11 is 0. The van der Waals surface area contributed by atoms with Crippen molar-refractivity contribution in [1.82, 2.24) is 10.2 Å². The highest BCUT2D eigenvalue weighted by molar-refractivity contribution is 6.45. The minimum Gasteiger partial charge on any atom is -0.403 e. The summed E-state index contributed by atoms with van der Waals surface area (Å²) in [6.45, 7) is 10.5. The standard InChI is InChI=1S/C21H40BN3O4/c1-15(26)24-21(18(23)27)14-16(8-9-17(21)11-13-25(6)7)10-12-22-28-19(2,3)20(4,5)29-22/h16-17H,8-14H2,1-7H3,(H2,23,27)(H,24,26)/t16-,17?,21?/m0/s1. The molecule has 2 aliphatic rings. The van der Waals surface area contributed by atoms with Crippen molar-refractivity contribution >= 4 is 18.9 Å². The van der Waals surface area contributed by atoms with Crippen molar-refractivity contribution in [3.8, 4) is 0 Å². The number of hydrogen-bond donors (Lipinski definition) is 2. The van der Waals surface area contributed by atoms with E-state index in [1.807, 2.05) is 14.1 Å². The van der Waals surface area contributed by atoms with Gasteiger partial charge in [0, 0.05) is 6.92 Å². The van der Waals surface area contributed by atoms with Crippen LogP contribution in [0.25, 0.3) is 0 Å². The van der Waals surface area contributed by atoms with Gasteiger partial charge in [-0.15, -0.1) is 0 Å². The quantitative estimate of drug-likeness (QED) is 0.600. The first-order valence-corrected chi connectivity index (χ1v) is 10.9. The monoisotopic (exact) mass is 409 g/mol. The van der Waals surface area contributed by atoms with Gasteiger partial charge >= 0.3 is 7.12 Å². The molecule has 8 heteroatoms. The van der Waals surface area contributed by atoms with Gasteiger partial charge in [-0.05, 0) is 85.8 Å². The second-order valence-electron chi connectivity index (χ2n) is 10.2. The second kappa shape index (κ2) is 8.94. The molecule has 2 rings (SSSR count). The van der Waals surface area contributed by atoms with Gasteiger partial charge in [-0.2, -0.15) is 0 Å². The van der Waals surface area contributed by atoms with Gasteiger partial charge in [0.2, 0.25) is 11.8 Å². The average molecular weight is 409 g/mol. The maximum Gasteiger partial charge on any atom is 0.457 e. The number of primary amides is 1. The number of nitrogens with zero attached hydrogens (tertiary/aromatic N) is 1. The molecule has 3 N–H and O–H groups in total. The zero-order valence-electron chi connectivity index (χ0n) is 19.3. The van der Waals surface area contributed by atoms with Crippen molar-refractivity contribution in [2.24, 2.45) is 17.6 Å². The Bertz CT molecular complexity index is 595. The first kappa shape index (κ1) is 24.2. The Labute approximate surface area is 176 Å². The van der Waals surface area contributed by atoms with Crippen LogP contribution in [0.15, 0.2) is 0 Å². The van der Waals surface area contributed by atoms with Crippen LogP contribution >= 0.6 is 0 Å². The van der Waals surface area contributed by atoms with Crippen molar-refractivity contribution in [2.75, 3.05) is 20.6 Å². The fraction of sp³-hybridized carbons (Fsp3) is 0.905. The lowest BCUT2D eigenvalue weighted by Crippen LogP contribution is -2.64. The summed E-state index contributed by atoms with van der Waals surface area (Å²) in [5.74, 6) is -0.273. The van der Waals surface area contributed by atoms with Gasteiger partial charge in [0.1, 0.15) is 5.54 Å². The van der Waals surface area contributed by atoms with Gasteiger partial charge in [0.25, 0.3) is 0 Å². The summed E-state index contributed by atoms with van der Waals surface area (Å²) in [6.07, 6.45) is 4.97. The number of amides is 2. The Morgan fingerprint density at radius 3 is 2.17 bits per heavy atom. The number of hydrogen-bond acceptors (Lipinski definition) is 5. The van der Waals surface area contributed by atoms with Crippen LogP contribution in [0.3, 0.4) is 0 Å². The zero-order chi connectivity index (χ0) is 22.0. The number of carbonyl (C=O) groups is 2. The summed E-state index contributed by atoms with van der Waals surface area (Å²) in [4.78, 5) is 26.6. The molecule has 0 aromatic carbocycles. The minimum atomic E-state index is -0.972. The molecule has 3 atom stereocenters. The minimum absolute atomic E-state index is 0.0550. The topological polar surface area (TPSA) is 93.9 Å². The van der Waals surface area contributed by atoms with Crippen LogP contribution in [-0.4, -0.2) is 61.2 Å². The molecule has 0 aromatic heterocycles. The van der Waals surface area contributed by atoms with E-state index in [0.717, 1.165) is 38.5 Å². The Morgan fingerprint density at radius 1 is 1.10 bits per heavy atom. The molecule has 2 fully saturated rings. The van der Waals surface area contributed by atoms with Crippen LogP contribution in [0, 0.1) is 11.8 Å². The lowest BCUT2D eigenvalue weighted by molar-refractivity contribution is -0.136. The molecular weight excluding hydrogens is 369 g/mol. The molecular formula is C21H40BN3O4.